The molecule has 2 N–H and O–H groups in total. The quantitative estimate of drug-likeness (QED) is 0.797. The van der Waals surface area contributed by atoms with Crippen LogP contribution in [0.25, 0.3) is 0 Å². The molecule has 0 saturated heterocycles. The average Bonchev–Trinajstić information content (AvgIpc) is 2.28. The molecule has 1 aromatic carbocycles. The number of carboxylic acids is 1. The maximum Gasteiger partial charge on any atom is 0.322 e. The van der Waals surface area contributed by atoms with Gasteiger partial charge in [0.05, 0.1) is 0 Å². The standard InChI is InChI=1S/C12H15NO4/c1-8-4-3-5-10(9(8)2)17-7-11(14)13-6-12(15)16/h3-5H,6-7H2,1-2H3,(H,13,14)(H,15,16). The van der Waals surface area contributed by atoms with Gasteiger partial charge in [0.25, 0.3) is 5.91 Å². The van der Waals surface area contributed by atoms with Crippen molar-refractivity contribution in [2.24, 2.45) is 0 Å². The van der Waals surface area contributed by atoms with Gasteiger partial charge in [-0.15, -0.1) is 0 Å². The Hall–Kier alpha value is -2.04. The van der Waals surface area contributed by atoms with E-state index in [0.717, 1.165) is 11.1 Å². The van der Waals surface area contributed by atoms with Crippen LogP contribution in [-0.2, 0) is 9.59 Å². The van der Waals surface area contributed by atoms with E-state index in [1.807, 2.05) is 26.0 Å². The molecule has 0 aliphatic carbocycles. The number of ether oxygens (including phenoxy) is 1. The van der Waals surface area contributed by atoms with Crippen molar-refractivity contribution in [1.29, 1.82) is 0 Å². The van der Waals surface area contributed by atoms with Gasteiger partial charge in [-0.25, -0.2) is 0 Å². The van der Waals surface area contributed by atoms with Gasteiger partial charge in [-0.3, -0.25) is 9.59 Å². The number of nitrogens with one attached hydrogen (secondary N) is 1. The van der Waals surface area contributed by atoms with Crippen LogP contribution in [0.1, 0.15) is 11.1 Å². The smallest absolute Gasteiger partial charge is 0.322 e. The minimum atomic E-state index is -1.08. The third-order valence-corrected chi connectivity index (χ3v) is 2.35. The van der Waals surface area contributed by atoms with Crippen LogP contribution in [0.5, 0.6) is 5.75 Å². The second-order valence-electron chi connectivity index (χ2n) is 3.66. The number of benzene rings is 1. The molecule has 0 radical (unpaired) electrons. The minimum absolute atomic E-state index is 0.183. The molecule has 0 bridgehead atoms. The van der Waals surface area contributed by atoms with Crippen molar-refractivity contribution >= 4 is 11.9 Å². The Morgan fingerprint density at radius 2 is 2.06 bits per heavy atom. The fourth-order valence-electron chi connectivity index (χ4n) is 1.25. The first-order chi connectivity index (χ1) is 8.00. The number of carbonyl (C=O) groups is 2. The average molecular weight is 237 g/mol. The molecule has 17 heavy (non-hydrogen) atoms. The Morgan fingerprint density at radius 1 is 1.35 bits per heavy atom. The van der Waals surface area contributed by atoms with Gasteiger partial charge < -0.3 is 15.2 Å². The number of aryl methyl sites for hydroxylation is 1. The van der Waals surface area contributed by atoms with E-state index in [0.29, 0.717) is 5.75 Å². The van der Waals surface area contributed by atoms with E-state index in [-0.39, 0.29) is 6.61 Å². The summed E-state index contributed by atoms with van der Waals surface area (Å²) in [5.74, 6) is -0.895. The van der Waals surface area contributed by atoms with Crippen LogP contribution in [0.3, 0.4) is 0 Å². The molecule has 0 spiro atoms. The Balaban J connectivity index is 2.47. The van der Waals surface area contributed by atoms with Crippen molar-refractivity contribution in [3.8, 4) is 5.75 Å². The monoisotopic (exact) mass is 237 g/mol. The molecule has 0 atom stereocenters. The molecule has 0 fully saturated rings. The van der Waals surface area contributed by atoms with E-state index < -0.39 is 18.4 Å². The lowest BCUT2D eigenvalue weighted by atomic mass is 10.1. The second-order valence-corrected chi connectivity index (χ2v) is 3.66. The summed E-state index contributed by atoms with van der Waals surface area (Å²) < 4.78 is 5.31. The van der Waals surface area contributed by atoms with Gasteiger partial charge in [0.15, 0.2) is 6.61 Å². The van der Waals surface area contributed by atoms with Gasteiger partial charge in [0.2, 0.25) is 0 Å². The van der Waals surface area contributed by atoms with E-state index in [1.54, 1.807) is 6.07 Å². The van der Waals surface area contributed by atoms with Crippen LogP contribution in [0, 0.1) is 13.8 Å². The van der Waals surface area contributed by atoms with Crippen molar-refractivity contribution in [3.05, 3.63) is 29.3 Å². The molecule has 5 heteroatoms. The number of aliphatic carboxylic acids is 1. The third-order valence-electron chi connectivity index (χ3n) is 2.35. The summed E-state index contributed by atoms with van der Waals surface area (Å²) in [5.41, 5.74) is 2.05. The van der Waals surface area contributed by atoms with Gasteiger partial charge in [-0.2, -0.15) is 0 Å². The SMILES string of the molecule is Cc1cccc(OCC(=O)NCC(=O)O)c1C. The Bertz CT molecular complexity index is 429. The Kier molecular flexibility index (Phi) is 4.51. The van der Waals surface area contributed by atoms with Crippen molar-refractivity contribution < 1.29 is 19.4 Å². The summed E-state index contributed by atoms with van der Waals surface area (Å²) in [6, 6.07) is 5.56. The molecular weight excluding hydrogens is 222 g/mol. The van der Waals surface area contributed by atoms with E-state index in [9.17, 15) is 9.59 Å². The molecule has 0 saturated carbocycles. The van der Waals surface area contributed by atoms with Crippen LogP contribution in [0.2, 0.25) is 0 Å². The first-order valence-corrected chi connectivity index (χ1v) is 5.18. The van der Waals surface area contributed by atoms with E-state index in [4.69, 9.17) is 9.84 Å². The van der Waals surface area contributed by atoms with Crippen LogP contribution < -0.4 is 10.1 Å². The highest BCUT2D eigenvalue weighted by atomic mass is 16.5. The Labute approximate surface area is 99.4 Å². The molecule has 0 unspecified atom stereocenters. The molecule has 0 aliphatic rings. The summed E-state index contributed by atoms with van der Waals surface area (Å²) in [5, 5.41) is 10.6. The zero-order valence-electron chi connectivity index (χ0n) is 9.82. The number of hydrogen-bond acceptors (Lipinski definition) is 3. The van der Waals surface area contributed by atoms with Gasteiger partial charge >= 0.3 is 5.97 Å². The lowest BCUT2D eigenvalue weighted by molar-refractivity contribution is -0.138. The normalized spacial score (nSPS) is 9.76. The van der Waals surface area contributed by atoms with Crippen molar-refractivity contribution in [2.45, 2.75) is 13.8 Å². The molecule has 0 aliphatic heterocycles. The largest absolute Gasteiger partial charge is 0.483 e. The molecule has 0 heterocycles. The fourth-order valence-corrected chi connectivity index (χ4v) is 1.25. The predicted octanol–water partition coefficient (Wildman–Crippen LogP) is 0.883. The van der Waals surface area contributed by atoms with E-state index in [1.165, 1.54) is 0 Å². The molecule has 92 valence electrons. The van der Waals surface area contributed by atoms with Crippen LogP contribution in [-0.4, -0.2) is 30.1 Å². The first kappa shape index (κ1) is 13.0. The number of rotatable bonds is 5. The van der Waals surface area contributed by atoms with Crippen LogP contribution >= 0.6 is 0 Å². The lowest BCUT2D eigenvalue weighted by Gasteiger charge is -2.10. The molecule has 1 amide bonds. The summed E-state index contributed by atoms with van der Waals surface area (Å²) in [7, 11) is 0. The molecular formula is C12H15NO4. The number of carbonyl (C=O) groups excluding carboxylic acids is 1. The topological polar surface area (TPSA) is 75.6 Å². The molecule has 1 rings (SSSR count). The minimum Gasteiger partial charge on any atom is -0.483 e. The second kappa shape index (κ2) is 5.89. The van der Waals surface area contributed by atoms with E-state index in [2.05, 4.69) is 5.32 Å². The van der Waals surface area contributed by atoms with Gasteiger partial charge in [-0.1, -0.05) is 12.1 Å². The number of amides is 1. The molecule has 1 aromatic rings. The summed E-state index contributed by atoms with van der Waals surface area (Å²) in [4.78, 5) is 21.4. The zero-order chi connectivity index (χ0) is 12.8. The fraction of sp³-hybridized carbons (Fsp3) is 0.333. The maximum atomic E-state index is 11.2. The van der Waals surface area contributed by atoms with Crippen LogP contribution in [0.15, 0.2) is 18.2 Å². The highest BCUT2D eigenvalue weighted by Crippen LogP contribution is 2.20. The van der Waals surface area contributed by atoms with Crippen LogP contribution in [0.4, 0.5) is 0 Å². The summed E-state index contributed by atoms with van der Waals surface area (Å²) in [6.07, 6.45) is 0. The van der Waals surface area contributed by atoms with Gasteiger partial charge in [0.1, 0.15) is 12.3 Å². The molecule has 5 nitrogen and oxygen atoms in total. The molecule has 0 aromatic heterocycles. The highest BCUT2D eigenvalue weighted by molar-refractivity contribution is 5.82. The summed E-state index contributed by atoms with van der Waals surface area (Å²) in [6.45, 7) is 3.28. The lowest BCUT2D eigenvalue weighted by Crippen LogP contribution is -2.33. The summed E-state index contributed by atoms with van der Waals surface area (Å²) >= 11 is 0. The third kappa shape index (κ3) is 4.14. The Morgan fingerprint density at radius 3 is 2.71 bits per heavy atom. The number of hydrogen-bond donors (Lipinski definition) is 2. The van der Waals surface area contributed by atoms with Crippen molar-refractivity contribution in [2.75, 3.05) is 13.2 Å². The van der Waals surface area contributed by atoms with Gasteiger partial charge in [-0.05, 0) is 31.0 Å². The maximum absolute atomic E-state index is 11.2. The first-order valence-electron chi connectivity index (χ1n) is 5.18. The van der Waals surface area contributed by atoms with Crippen molar-refractivity contribution in [1.82, 2.24) is 5.32 Å². The van der Waals surface area contributed by atoms with Crippen molar-refractivity contribution in [3.63, 3.8) is 0 Å². The predicted molar refractivity (Wildman–Crippen MR) is 62.1 cm³/mol. The van der Waals surface area contributed by atoms with E-state index >= 15 is 0 Å². The number of carboxylic acid groups (broad SMARTS) is 1. The zero-order valence-corrected chi connectivity index (χ0v) is 9.82. The highest BCUT2D eigenvalue weighted by Gasteiger charge is 2.06. The van der Waals surface area contributed by atoms with Gasteiger partial charge in [0, 0.05) is 0 Å².